The average Bonchev–Trinajstić information content (AvgIpc) is 2.16. The van der Waals surface area contributed by atoms with Crippen LogP contribution in [0.5, 0.6) is 0 Å². The maximum Gasteiger partial charge on any atom is 0.253 e. The number of aliphatic hydroxyl groups is 1. The van der Waals surface area contributed by atoms with E-state index in [1.165, 1.54) is 18.2 Å². The monoisotopic (exact) mass is 285 g/mol. The van der Waals surface area contributed by atoms with Gasteiger partial charge < -0.3 is 10.4 Å². The summed E-state index contributed by atoms with van der Waals surface area (Å²) in [6.45, 7) is 0. The summed E-state index contributed by atoms with van der Waals surface area (Å²) in [7, 11) is 0. The number of hydrogen-bond donors (Lipinski definition) is 2. The van der Waals surface area contributed by atoms with E-state index >= 15 is 0 Å². The van der Waals surface area contributed by atoms with Crippen molar-refractivity contribution in [3.8, 4) is 0 Å². The van der Waals surface area contributed by atoms with Crippen LogP contribution in [0.25, 0.3) is 0 Å². The zero-order valence-corrected chi connectivity index (χ0v) is 10.0. The summed E-state index contributed by atoms with van der Waals surface area (Å²) < 4.78 is 10.7. The van der Waals surface area contributed by atoms with Crippen molar-refractivity contribution in [1.82, 2.24) is 5.32 Å². The molecule has 0 unspecified atom stereocenters. The Labute approximate surface area is 106 Å². The molecule has 7 heteroatoms. The molecule has 3 nitrogen and oxygen atoms in total. The minimum absolute atomic E-state index is 0.0216. The molecular formula is C9H7Cl3FNO2. The molecule has 0 radical (unpaired) electrons. The predicted octanol–water partition coefficient (Wildman–Crippen LogP) is 2.24. The van der Waals surface area contributed by atoms with Crippen LogP contribution >= 0.6 is 34.8 Å². The van der Waals surface area contributed by atoms with Crippen LogP contribution in [0.4, 0.5) is 4.39 Å². The van der Waals surface area contributed by atoms with Gasteiger partial charge in [-0.15, -0.1) is 0 Å². The lowest BCUT2D eigenvalue weighted by Gasteiger charge is -2.19. The molecule has 0 saturated heterocycles. The SMILES string of the molecule is O=C(N[C@H](O)C(Cl)(Cl)Cl)c1cccc(F)c1. The number of alkyl halides is 3. The van der Waals surface area contributed by atoms with Crippen molar-refractivity contribution in [3.05, 3.63) is 35.6 Å². The van der Waals surface area contributed by atoms with Crippen molar-refractivity contribution in [3.63, 3.8) is 0 Å². The van der Waals surface area contributed by atoms with E-state index in [1.807, 2.05) is 5.32 Å². The van der Waals surface area contributed by atoms with Crippen molar-refractivity contribution in [2.24, 2.45) is 0 Å². The Morgan fingerprint density at radius 2 is 2.06 bits per heavy atom. The summed E-state index contributed by atoms with van der Waals surface area (Å²) in [5.74, 6) is -1.31. The number of nitrogens with one attached hydrogen (secondary N) is 1. The number of rotatable bonds is 2. The van der Waals surface area contributed by atoms with Crippen LogP contribution < -0.4 is 5.32 Å². The second kappa shape index (κ2) is 5.19. The van der Waals surface area contributed by atoms with Crippen LogP contribution in [-0.2, 0) is 0 Å². The Kier molecular flexibility index (Phi) is 4.38. The zero-order chi connectivity index (χ0) is 12.3. The number of amides is 1. The summed E-state index contributed by atoms with van der Waals surface area (Å²) in [6.07, 6.45) is -1.67. The van der Waals surface area contributed by atoms with Crippen LogP contribution in [-0.4, -0.2) is 21.0 Å². The molecule has 0 bridgehead atoms. The van der Waals surface area contributed by atoms with Crippen molar-refractivity contribution in [1.29, 1.82) is 0 Å². The van der Waals surface area contributed by atoms with Gasteiger partial charge in [0.15, 0.2) is 6.23 Å². The van der Waals surface area contributed by atoms with Crippen molar-refractivity contribution in [2.75, 3.05) is 0 Å². The minimum Gasteiger partial charge on any atom is -0.369 e. The van der Waals surface area contributed by atoms with Crippen LogP contribution in [0.15, 0.2) is 24.3 Å². The molecule has 0 aliphatic rings. The molecule has 1 aromatic carbocycles. The maximum atomic E-state index is 12.8. The van der Waals surface area contributed by atoms with Crippen LogP contribution in [0.3, 0.4) is 0 Å². The molecular weight excluding hydrogens is 279 g/mol. The fourth-order valence-electron chi connectivity index (χ4n) is 0.919. The number of benzene rings is 1. The molecule has 0 heterocycles. The van der Waals surface area contributed by atoms with E-state index in [4.69, 9.17) is 34.8 Å². The van der Waals surface area contributed by atoms with E-state index in [-0.39, 0.29) is 5.56 Å². The van der Waals surface area contributed by atoms with Gasteiger partial charge in [0.05, 0.1) is 0 Å². The Morgan fingerprint density at radius 3 is 2.56 bits per heavy atom. The highest BCUT2D eigenvalue weighted by Gasteiger charge is 2.32. The van der Waals surface area contributed by atoms with E-state index in [9.17, 15) is 14.3 Å². The highest BCUT2D eigenvalue weighted by molar-refractivity contribution is 6.68. The van der Waals surface area contributed by atoms with Gasteiger partial charge in [-0.2, -0.15) is 0 Å². The van der Waals surface area contributed by atoms with E-state index < -0.39 is 21.7 Å². The summed E-state index contributed by atoms with van der Waals surface area (Å²) >= 11 is 16.0. The normalized spacial score (nSPS) is 13.3. The summed E-state index contributed by atoms with van der Waals surface area (Å²) in [5, 5.41) is 11.3. The van der Waals surface area contributed by atoms with Gasteiger partial charge in [0, 0.05) is 5.56 Å². The van der Waals surface area contributed by atoms with Crippen molar-refractivity contribution >= 4 is 40.7 Å². The molecule has 1 amide bonds. The van der Waals surface area contributed by atoms with Crippen LogP contribution in [0, 0.1) is 5.82 Å². The third kappa shape index (κ3) is 3.79. The molecule has 1 atom stereocenters. The lowest BCUT2D eigenvalue weighted by molar-refractivity contribution is 0.0791. The van der Waals surface area contributed by atoms with E-state index in [2.05, 4.69) is 0 Å². The number of halogens is 4. The molecule has 2 N–H and O–H groups in total. The summed E-state index contributed by atoms with van der Waals surface area (Å²) in [4.78, 5) is 11.4. The molecule has 0 aromatic heterocycles. The highest BCUT2D eigenvalue weighted by atomic mass is 35.6. The summed E-state index contributed by atoms with van der Waals surface area (Å²) in [6, 6.07) is 4.90. The Morgan fingerprint density at radius 1 is 1.44 bits per heavy atom. The third-order valence-electron chi connectivity index (χ3n) is 1.66. The van der Waals surface area contributed by atoms with Gasteiger partial charge in [0.25, 0.3) is 5.91 Å². The second-order valence-corrected chi connectivity index (χ2v) is 5.30. The number of hydrogen-bond acceptors (Lipinski definition) is 2. The number of carbonyl (C=O) groups excluding carboxylic acids is 1. The Balaban J connectivity index is 2.74. The van der Waals surface area contributed by atoms with Crippen LogP contribution in [0.2, 0.25) is 0 Å². The standard InChI is InChI=1S/C9H7Cl3FNO2/c10-9(11,12)8(16)14-7(15)5-2-1-3-6(13)4-5/h1-4,8,16H,(H,14,15)/t8-/m1/s1. The quantitative estimate of drug-likeness (QED) is 0.647. The molecule has 16 heavy (non-hydrogen) atoms. The zero-order valence-electron chi connectivity index (χ0n) is 7.75. The van der Waals surface area contributed by atoms with E-state index in [0.717, 1.165) is 6.07 Å². The van der Waals surface area contributed by atoms with Gasteiger partial charge >= 0.3 is 0 Å². The molecule has 1 aromatic rings. The number of carbonyl (C=O) groups is 1. The first-order chi connectivity index (χ1) is 7.30. The van der Waals surface area contributed by atoms with Gasteiger partial charge in [0.2, 0.25) is 3.79 Å². The molecule has 88 valence electrons. The molecule has 0 aliphatic heterocycles. The van der Waals surface area contributed by atoms with Crippen molar-refractivity contribution in [2.45, 2.75) is 10.0 Å². The average molecular weight is 287 g/mol. The fraction of sp³-hybridized carbons (Fsp3) is 0.222. The van der Waals surface area contributed by atoms with Crippen LogP contribution in [0.1, 0.15) is 10.4 Å². The lowest BCUT2D eigenvalue weighted by Crippen LogP contribution is -2.43. The predicted molar refractivity (Wildman–Crippen MR) is 60.2 cm³/mol. The second-order valence-electron chi connectivity index (χ2n) is 2.93. The van der Waals surface area contributed by atoms with Gasteiger partial charge in [-0.1, -0.05) is 40.9 Å². The topological polar surface area (TPSA) is 49.3 Å². The van der Waals surface area contributed by atoms with Gasteiger partial charge in [-0.05, 0) is 18.2 Å². The Hall–Kier alpha value is -0.550. The minimum atomic E-state index is -2.04. The molecule has 0 spiro atoms. The smallest absolute Gasteiger partial charge is 0.253 e. The number of aliphatic hydroxyl groups excluding tert-OH is 1. The molecule has 0 aliphatic carbocycles. The van der Waals surface area contributed by atoms with Crippen molar-refractivity contribution < 1.29 is 14.3 Å². The molecule has 1 rings (SSSR count). The van der Waals surface area contributed by atoms with Gasteiger partial charge in [-0.3, -0.25) is 4.79 Å². The highest BCUT2D eigenvalue weighted by Crippen LogP contribution is 2.28. The first kappa shape index (κ1) is 13.5. The van der Waals surface area contributed by atoms with E-state index in [1.54, 1.807) is 0 Å². The molecule has 0 fully saturated rings. The largest absolute Gasteiger partial charge is 0.369 e. The van der Waals surface area contributed by atoms with E-state index in [0.29, 0.717) is 0 Å². The van der Waals surface area contributed by atoms with Gasteiger partial charge in [0.1, 0.15) is 5.82 Å². The first-order valence-electron chi connectivity index (χ1n) is 4.12. The third-order valence-corrected chi connectivity index (χ3v) is 2.28. The van der Waals surface area contributed by atoms with Gasteiger partial charge in [-0.25, -0.2) is 4.39 Å². The summed E-state index contributed by atoms with van der Waals surface area (Å²) in [5.41, 5.74) is 0.0216. The lowest BCUT2D eigenvalue weighted by atomic mass is 10.2. The first-order valence-corrected chi connectivity index (χ1v) is 5.25. The fourth-order valence-corrected chi connectivity index (χ4v) is 1.08. The maximum absolute atomic E-state index is 12.8. The molecule has 0 saturated carbocycles. The Bertz CT molecular complexity index is 395.